The highest BCUT2D eigenvalue weighted by Gasteiger charge is 2.26. The predicted octanol–water partition coefficient (Wildman–Crippen LogP) is 2.18. The number of hydrogen-bond donors (Lipinski definition) is 0. The van der Waals surface area contributed by atoms with Gasteiger partial charge < -0.3 is 9.64 Å². The van der Waals surface area contributed by atoms with E-state index in [4.69, 9.17) is 4.74 Å². The Bertz CT molecular complexity index is 573. The van der Waals surface area contributed by atoms with Crippen LogP contribution in [-0.4, -0.2) is 48.7 Å². The van der Waals surface area contributed by atoms with Gasteiger partial charge in [0.05, 0.1) is 6.61 Å². The summed E-state index contributed by atoms with van der Waals surface area (Å²) in [7, 11) is 3.97. The molecular weight excluding hydrogens is 284 g/mol. The molecule has 2 aromatic rings. The van der Waals surface area contributed by atoms with Crippen LogP contribution in [0.3, 0.4) is 0 Å². The summed E-state index contributed by atoms with van der Waals surface area (Å²) in [6.07, 6.45) is 3.46. The molecule has 0 amide bonds. The molecule has 3 heterocycles. The van der Waals surface area contributed by atoms with Crippen molar-refractivity contribution in [3.63, 3.8) is 0 Å². The maximum absolute atomic E-state index is 5.94. The fourth-order valence-corrected chi connectivity index (χ4v) is 3.23. The highest BCUT2D eigenvalue weighted by Crippen LogP contribution is 2.27. The Kier molecular flexibility index (Phi) is 4.48. The number of aromatic nitrogens is 2. The van der Waals surface area contributed by atoms with E-state index in [1.165, 1.54) is 5.56 Å². The van der Waals surface area contributed by atoms with Crippen LogP contribution >= 0.6 is 11.3 Å². The Labute approximate surface area is 129 Å². The minimum atomic E-state index is -0.0107. The third-order valence-corrected chi connectivity index (χ3v) is 4.30. The quantitative estimate of drug-likeness (QED) is 0.866. The number of rotatable bonds is 4. The van der Waals surface area contributed by atoms with Crippen molar-refractivity contribution in [2.24, 2.45) is 0 Å². The van der Waals surface area contributed by atoms with Crippen molar-refractivity contribution in [2.45, 2.75) is 12.6 Å². The second-order valence-corrected chi connectivity index (χ2v) is 6.17. The summed E-state index contributed by atoms with van der Waals surface area (Å²) < 4.78 is 5.94. The monoisotopic (exact) mass is 304 g/mol. The highest BCUT2D eigenvalue weighted by atomic mass is 32.1. The third kappa shape index (κ3) is 3.40. The molecule has 0 saturated carbocycles. The molecule has 0 aliphatic carbocycles. The topological polar surface area (TPSA) is 41.5 Å². The number of morpholine rings is 1. The number of thiophene rings is 1. The van der Waals surface area contributed by atoms with Crippen LogP contribution in [0, 0.1) is 0 Å². The molecule has 2 aromatic heterocycles. The molecule has 0 aromatic carbocycles. The lowest BCUT2D eigenvalue weighted by Crippen LogP contribution is -2.38. The van der Waals surface area contributed by atoms with Gasteiger partial charge >= 0.3 is 0 Å². The summed E-state index contributed by atoms with van der Waals surface area (Å²) >= 11 is 1.74. The van der Waals surface area contributed by atoms with E-state index < -0.39 is 0 Å². The van der Waals surface area contributed by atoms with E-state index in [9.17, 15) is 0 Å². The van der Waals surface area contributed by atoms with E-state index in [1.54, 1.807) is 23.7 Å². The molecule has 6 heteroatoms. The van der Waals surface area contributed by atoms with Crippen LogP contribution in [0.4, 0.5) is 5.82 Å². The summed E-state index contributed by atoms with van der Waals surface area (Å²) in [5, 5.41) is 4.33. The Balaban J connectivity index is 1.74. The largest absolute Gasteiger partial charge is 0.369 e. The highest BCUT2D eigenvalue weighted by molar-refractivity contribution is 7.07. The van der Waals surface area contributed by atoms with Gasteiger partial charge in [-0.15, -0.1) is 0 Å². The van der Waals surface area contributed by atoms with Crippen molar-refractivity contribution in [1.29, 1.82) is 0 Å². The standard InChI is InChI=1S/C15H20N4OS/c1-18(2)15-14(16-4-5-17-15)13-10-19(6-7-20-13)9-12-3-8-21-11-12/h3-5,8,11,13H,6-7,9-10H2,1-2H3/t13-/m1/s1. The molecule has 21 heavy (non-hydrogen) atoms. The van der Waals surface area contributed by atoms with Gasteiger partial charge in [0, 0.05) is 46.1 Å². The predicted molar refractivity (Wildman–Crippen MR) is 84.6 cm³/mol. The molecule has 1 atom stereocenters. The van der Waals surface area contributed by atoms with E-state index in [2.05, 4.69) is 31.7 Å². The molecule has 0 spiro atoms. The van der Waals surface area contributed by atoms with Gasteiger partial charge in [-0.2, -0.15) is 11.3 Å². The Hall–Kier alpha value is -1.50. The van der Waals surface area contributed by atoms with Gasteiger partial charge in [0.15, 0.2) is 5.82 Å². The van der Waals surface area contributed by atoms with Crippen LogP contribution in [-0.2, 0) is 11.3 Å². The van der Waals surface area contributed by atoms with Crippen LogP contribution in [0.2, 0.25) is 0 Å². The summed E-state index contributed by atoms with van der Waals surface area (Å²) in [5.74, 6) is 0.889. The second kappa shape index (κ2) is 6.51. The zero-order valence-electron chi connectivity index (χ0n) is 12.4. The Morgan fingerprint density at radius 3 is 3.00 bits per heavy atom. The number of nitrogens with zero attached hydrogens (tertiary/aromatic N) is 4. The normalized spacial score (nSPS) is 19.6. The molecule has 1 aliphatic heterocycles. The molecular formula is C15H20N4OS. The van der Waals surface area contributed by atoms with E-state index in [-0.39, 0.29) is 6.10 Å². The first-order valence-corrected chi connectivity index (χ1v) is 8.01. The van der Waals surface area contributed by atoms with Gasteiger partial charge in [0.25, 0.3) is 0 Å². The van der Waals surface area contributed by atoms with Crippen LogP contribution in [0.15, 0.2) is 29.2 Å². The number of hydrogen-bond acceptors (Lipinski definition) is 6. The van der Waals surface area contributed by atoms with Crippen molar-refractivity contribution >= 4 is 17.2 Å². The first kappa shape index (κ1) is 14.4. The summed E-state index contributed by atoms with van der Waals surface area (Å²) in [6, 6.07) is 2.18. The average Bonchev–Trinajstić information content (AvgIpc) is 3.00. The van der Waals surface area contributed by atoms with Crippen molar-refractivity contribution in [3.05, 3.63) is 40.5 Å². The Morgan fingerprint density at radius 2 is 2.24 bits per heavy atom. The lowest BCUT2D eigenvalue weighted by molar-refractivity contribution is -0.0348. The second-order valence-electron chi connectivity index (χ2n) is 5.39. The van der Waals surface area contributed by atoms with E-state index in [1.807, 2.05) is 19.0 Å². The van der Waals surface area contributed by atoms with Crippen molar-refractivity contribution in [2.75, 3.05) is 38.7 Å². The van der Waals surface area contributed by atoms with Crippen molar-refractivity contribution in [1.82, 2.24) is 14.9 Å². The molecule has 1 saturated heterocycles. The molecule has 1 fully saturated rings. The minimum absolute atomic E-state index is 0.0107. The zero-order chi connectivity index (χ0) is 14.7. The summed E-state index contributed by atoms with van der Waals surface area (Å²) in [5.41, 5.74) is 2.30. The van der Waals surface area contributed by atoms with Crippen LogP contribution in [0.5, 0.6) is 0 Å². The zero-order valence-corrected chi connectivity index (χ0v) is 13.2. The van der Waals surface area contributed by atoms with Gasteiger partial charge in [0.2, 0.25) is 0 Å². The first-order chi connectivity index (χ1) is 10.2. The molecule has 0 bridgehead atoms. The number of ether oxygens (including phenoxy) is 1. The van der Waals surface area contributed by atoms with Crippen LogP contribution in [0.1, 0.15) is 17.4 Å². The van der Waals surface area contributed by atoms with E-state index in [0.717, 1.165) is 37.8 Å². The fraction of sp³-hybridized carbons (Fsp3) is 0.467. The maximum Gasteiger partial charge on any atom is 0.152 e. The summed E-state index contributed by atoms with van der Waals surface area (Å²) in [4.78, 5) is 13.3. The first-order valence-electron chi connectivity index (χ1n) is 7.07. The molecule has 5 nitrogen and oxygen atoms in total. The van der Waals surface area contributed by atoms with Gasteiger partial charge in [-0.05, 0) is 22.4 Å². The van der Waals surface area contributed by atoms with E-state index >= 15 is 0 Å². The molecule has 1 aliphatic rings. The minimum Gasteiger partial charge on any atom is -0.369 e. The van der Waals surface area contributed by atoms with Gasteiger partial charge in [-0.1, -0.05) is 0 Å². The lowest BCUT2D eigenvalue weighted by atomic mass is 10.1. The molecule has 0 N–H and O–H groups in total. The van der Waals surface area contributed by atoms with Gasteiger partial charge in [-0.25, -0.2) is 4.98 Å². The third-order valence-electron chi connectivity index (χ3n) is 3.57. The lowest BCUT2D eigenvalue weighted by Gasteiger charge is -2.33. The van der Waals surface area contributed by atoms with Gasteiger partial charge in [-0.3, -0.25) is 9.88 Å². The van der Waals surface area contributed by atoms with Crippen molar-refractivity contribution < 1.29 is 4.74 Å². The Morgan fingerprint density at radius 1 is 1.38 bits per heavy atom. The SMILES string of the molecule is CN(C)c1nccnc1[C@H]1CN(Cc2ccsc2)CCO1. The average molecular weight is 304 g/mol. The molecule has 0 radical (unpaired) electrons. The fourth-order valence-electron chi connectivity index (χ4n) is 2.57. The molecule has 0 unspecified atom stereocenters. The van der Waals surface area contributed by atoms with E-state index in [0.29, 0.717) is 0 Å². The molecule has 3 rings (SSSR count). The van der Waals surface area contributed by atoms with Crippen LogP contribution < -0.4 is 4.90 Å². The molecule has 112 valence electrons. The maximum atomic E-state index is 5.94. The van der Waals surface area contributed by atoms with Crippen LogP contribution in [0.25, 0.3) is 0 Å². The summed E-state index contributed by atoms with van der Waals surface area (Å²) in [6.45, 7) is 3.53. The van der Waals surface area contributed by atoms with Crippen molar-refractivity contribution in [3.8, 4) is 0 Å². The van der Waals surface area contributed by atoms with Gasteiger partial charge in [0.1, 0.15) is 11.8 Å². The smallest absolute Gasteiger partial charge is 0.152 e. The number of anilines is 1.